The maximum Gasteiger partial charge on any atom is 0.341 e. The van der Waals surface area contributed by atoms with E-state index in [1.54, 1.807) is 18.2 Å². The molecule has 0 fully saturated rings. The monoisotopic (exact) mass is 392 g/mol. The van der Waals surface area contributed by atoms with Crippen molar-refractivity contribution in [2.75, 3.05) is 13.2 Å². The highest BCUT2D eigenvalue weighted by molar-refractivity contribution is 5.87. The molecule has 0 bridgehead atoms. The van der Waals surface area contributed by atoms with Gasteiger partial charge in [-0.3, -0.25) is 4.79 Å². The molecule has 0 saturated carbocycles. The van der Waals surface area contributed by atoms with Gasteiger partial charge < -0.3 is 19.0 Å². The van der Waals surface area contributed by atoms with Gasteiger partial charge >= 0.3 is 5.97 Å². The molecule has 0 radical (unpaired) electrons. The summed E-state index contributed by atoms with van der Waals surface area (Å²) < 4.78 is 16.8. The quantitative estimate of drug-likeness (QED) is 0.678. The van der Waals surface area contributed by atoms with Gasteiger partial charge in [0.2, 0.25) is 0 Å². The lowest BCUT2D eigenvalue weighted by Gasteiger charge is -2.07. The molecule has 3 aromatic rings. The van der Waals surface area contributed by atoms with Crippen LogP contribution in [0, 0.1) is 0 Å². The van der Waals surface area contributed by atoms with Crippen molar-refractivity contribution < 1.29 is 23.8 Å². The topological polar surface area (TPSA) is 86.0 Å². The molecule has 0 amide bonds. The highest BCUT2D eigenvalue weighted by Gasteiger charge is 2.24. The van der Waals surface area contributed by atoms with E-state index in [1.165, 1.54) is 0 Å². The summed E-state index contributed by atoms with van der Waals surface area (Å²) in [5.41, 5.74) is 2.92. The first-order chi connectivity index (χ1) is 14.0. The maximum atomic E-state index is 12.9. The van der Waals surface area contributed by atoms with Crippen molar-refractivity contribution in [2.24, 2.45) is 0 Å². The summed E-state index contributed by atoms with van der Waals surface area (Å²) in [5.74, 6) is 0.649. The van der Waals surface area contributed by atoms with Crippen LogP contribution >= 0.6 is 0 Å². The van der Waals surface area contributed by atoms with Gasteiger partial charge in [0.1, 0.15) is 22.8 Å². The Morgan fingerprint density at radius 2 is 1.97 bits per heavy atom. The number of carbonyl (C=O) groups is 1. The van der Waals surface area contributed by atoms with Gasteiger partial charge in [-0.1, -0.05) is 12.1 Å². The van der Waals surface area contributed by atoms with Gasteiger partial charge in [0, 0.05) is 11.6 Å². The molecule has 1 N–H and O–H groups in total. The molecule has 4 rings (SSSR count). The second kappa shape index (κ2) is 7.83. The molecule has 1 aromatic heterocycles. The van der Waals surface area contributed by atoms with E-state index in [4.69, 9.17) is 19.0 Å². The molecule has 148 valence electrons. The van der Waals surface area contributed by atoms with Crippen LogP contribution in [0.3, 0.4) is 0 Å². The van der Waals surface area contributed by atoms with Crippen LogP contribution in [0.1, 0.15) is 30.2 Å². The van der Waals surface area contributed by atoms with Crippen molar-refractivity contribution in [1.29, 1.82) is 0 Å². The second-order valence-electron chi connectivity index (χ2n) is 6.75. The summed E-state index contributed by atoms with van der Waals surface area (Å²) in [7, 11) is 0. The molecule has 0 atom stereocenters. The Morgan fingerprint density at radius 1 is 1.14 bits per heavy atom. The van der Waals surface area contributed by atoms with Crippen molar-refractivity contribution in [1.82, 2.24) is 0 Å². The zero-order valence-corrected chi connectivity index (χ0v) is 15.9. The van der Waals surface area contributed by atoms with Crippen molar-refractivity contribution in [3.63, 3.8) is 0 Å². The third kappa shape index (κ3) is 3.87. The number of carboxylic acids is 1. The van der Waals surface area contributed by atoms with Crippen molar-refractivity contribution >= 4 is 28.6 Å². The molecule has 0 aliphatic heterocycles. The van der Waals surface area contributed by atoms with E-state index in [2.05, 4.69) is 0 Å². The lowest BCUT2D eigenvalue weighted by atomic mass is 10.1. The van der Waals surface area contributed by atoms with E-state index in [1.807, 2.05) is 37.3 Å². The number of allylic oxidation sites excluding steroid dienone is 1. The van der Waals surface area contributed by atoms with E-state index in [-0.39, 0.29) is 5.43 Å². The standard InChI is InChI=1S/C23H20O6/c1-2-27-16-5-3-4-14(11-16)10-15-6-8-19-22(26)18-9-7-17(28-13-21(24)25)12-20(18)29-23(15)19/h3-5,7,9-12H,2,6,8,13H2,1H3,(H,24,25)/b15-10-. The van der Waals surface area contributed by atoms with E-state index < -0.39 is 12.6 Å². The van der Waals surface area contributed by atoms with Crippen LogP contribution in [0.25, 0.3) is 22.6 Å². The average Bonchev–Trinajstić information content (AvgIpc) is 3.10. The minimum atomic E-state index is -1.07. The Morgan fingerprint density at radius 3 is 2.76 bits per heavy atom. The van der Waals surface area contributed by atoms with Crippen LogP contribution in [0.2, 0.25) is 0 Å². The van der Waals surface area contributed by atoms with E-state index >= 15 is 0 Å². The highest BCUT2D eigenvalue weighted by atomic mass is 16.5. The number of fused-ring (bicyclic) bond motifs is 2. The predicted octanol–water partition coefficient (Wildman–Crippen LogP) is 4.14. The molecule has 2 aromatic carbocycles. The lowest BCUT2D eigenvalue weighted by molar-refractivity contribution is -0.139. The Labute approximate surface area is 167 Å². The van der Waals surface area contributed by atoms with Gasteiger partial charge in [-0.25, -0.2) is 4.79 Å². The number of aliphatic carboxylic acids is 1. The molecule has 1 heterocycles. The number of rotatable bonds is 6. The summed E-state index contributed by atoms with van der Waals surface area (Å²) >= 11 is 0. The molecular weight excluding hydrogens is 372 g/mol. The first-order valence-corrected chi connectivity index (χ1v) is 9.43. The largest absolute Gasteiger partial charge is 0.494 e. The molecule has 0 saturated heterocycles. The van der Waals surface area contributed by atoms with Gasteiger partial charge in [0.05, 0.1) is 12.0 Å². The van der Waals surface area contributed by atoms with Crippen LogP contribution in [0.15, 0.2) is 51.7 Å². The van der Waals surface area contributed by atoms with Crippen LogP contribution in [-0.4, -0.2) is 24.3 Å². The van der Waals surface area contributed by atoms with Crippen LogP contribution in [0.4, 0.5) is 0 Å². The van der Waals surface area contributed by atoms with Gasteiger partial charge in [-0.2, -0.15) is 0 Å². The summed E-state index contributed by atoms with van der Waals surface area (Å²) in [6, 6.07) is 12.5. The Hall–Kier alpha value is -3.54. The lowest BCUT2D eigenvalue weighted by Crippen LogP contribution is -2.10. The zero-order valence-electron chi connectivity index (χ0n) is 15.9. The summed E-state index contributed by atoms with van der Waals surface area (Å²) in [6.45, 7) is 2.07. The Bertz CT molecular complexity index is 1170. The smallest absolute Gasteiger partial charge is 0.341 e. The van der Waals surface area contributed by atoms with Crippen LogP contribution in [0.5, 0.6) is 11.5 Å². The van der Waals surface area contributed by atoms with E-state index in [0.29, 0.717) is 47.5 Å². The SMILES string of the molecule is CCOc1cccc(/C=C2/CCc3c2oc2cc(OCC(=O)O)ccc2c3=O)c1. The van der Waals surface area contributed by atoms with E-state index in [9.17, 15) is 9.59 Å². The number of benzene rings is 2. The maximum absolute atomic E-state index is 12.9. The first-order valence-electron chi connectivity index (χ1n) is 9.43. The second-order valence-corrected chi connectivity index (χ2v) is 6.75. The van der Waals surface area contributed by atoms with Crippen molar-refractivity contribution in [3.8, 4) is 11.5 Å². The third-order valence-corrected chi connectivity index (χ3v) is 4.77. The molecule has 1 aliphatic carbocycles. The Balaban J connectivity index is 1.74. The fourth-order valence-corrected chi connectivity index (χ4v) is 3.51. The summed E-state index contributed by atoms with van der Waals surface area (Å²) in [4.78, 5) is 23.6. The normalized spacial score (nSPS) is 14.2. The van der Waals surface area contributed by atoms with Crippen molar-refractivity contribution in [3.05, 3.63) is 69.6 Å². The zero-order chi connectivity index (χ0) is 20.4. The minimum Gasteiger partial charge on any atom is -0.494 e. The number of hydrogen-bond acceptors (Lipinski definition) is 5. The highest BCUT2D eigenvalue weighted by Crippen LogP contribution is 2.35. The summed E-state index contributed by atoms with van der Waals surface area (Å²) in [5, 5.41) is 9.24. The van der Waals surface area contributed by atoms with E-state index in [0.717, 1.165) is 16.9 Å². The third-order valence-electron chi connectivity index (χ3n) is 4.77. The first kappa shape index (κ1) is 18.8. The fraction of sp³-hybridized carbons (Fsp3) is 0.217. The van der Waals surface area contributed by atoms with Gasteiger partial charge in [0.25, 0.3) is 0 Å². The molecule has 6 nitrogen and oxygen atoms in total. The average molecular weight is 392 g/mol. The van der Waals surface area contributed by atoms with Crippen LogP contribution < -0.4 is 14.9 Å². The van der Waals surface area contributed by atoms with Crippen molar-refractivity contribution in [2.45, 2.75) is 19.8 Å². The molecule has 0 unspecified atom stereocenters. The molecule has 29 heavy (non-hydrogen) atoms. The molecule has 1 aliphatic rings. The molecule has 0 spiro atoms. The Kier molecular flexibility index (Phi) is 5.08. The fourth-order valence-electron chi connectivity index (χ4n) is 3.51. The van der Waals surface area contributed by atoms with Gasteiger partial charge in [-0.15, -0.1) is 0 Å². The number of carboxylic acid groups (broad SMARTS) is 1. The van der Waals surface area contributed by atoms with Gasteiger partial charge in [-0.05, 0) is 61.2 Å². The summed E-state index contributed by atoms with van der Waals surface area (Å²) in [6.07, 6.45) is 3.35. The minimum absolute atomic E-state index is 0.0579. The number of ether oxygens (including phenoxy) is 2. The molecule has 6 heteroatoms. The predicted molar refractivity (Wildman–Crippen MR) is 109 cm³/mol. The number of hydrogen-bond donors (Lipinski definition) is 1. The van der Waals surface area contributed by atoms with Crippen LogP contribution in [-0.2, 0) is 11.2 Å². The molecular formula is C23H20O6. The van der Waals surface area contributed by atoms with Gasteiger partial charge in [0.15, 0.2) is 12.0 Å².